The first kappa shape index (κ1) is 27.2. The summed E-state index contributed by atoms with van der Waals surface area (Å²) in [6.45, 7) is 3.61. The Kier molecular flexibility index (Phi) is 9.98. The molecule has 0 saturated heterocycles. The summed E-state index contributed by atoms with van der Waals surface area (Å²) in [4.78, 5) is 12.7. The predicted octanol–water partition coefficient (Wildman–Crippen LogP) is 5.07. The summed E-state index contributed by atoms with van der Waals surface area (Å²) in [6.07, 6.45) is 0.924. The SMILES string of the molecule is COc1ccc(COc2c(OC)cc(C=C(C(=O)OC(C)C)P(=O)(OC)OC)cc2OC)cc1. The van der Waals surface area contributed by atoms with Crippen molar-refractivity contribution in [1.82, 2.24) is 0 Å². The zero-order valence-corrected chi connectivity index (χ0v) is 21.3. The highest BCUT2D eigenvalue weighted by atomic mass is 31.2. The van der Waals surface area contributed by atoms with E-state index in [1.165, 1.54) is 34.5 Å². The van der Waals surface area contributed by atoms with Gasteiger partial charge in [0, 0.05) is 14.2 Å². The molecule has 34 heavy (non-hydrogen) atoms. The summed E-state index contributed by atoms with van der Waals surface area (Å²) in [5.41, 5.74) is 1.35. The van der Waals surface area contributed by atoms with E-state index in [0.717, 1.165) is 11.3 Å². The van der Waals surface area contributed by atoms with Gasteiger partial charge in [-0.1, -0.05) is 12.1 Å². The molecule has 0 heterocycles. The minimum absolute atomic E-state index is 0.250. The van der Waals surface area contributed by atoms with Crippen LogP contribution in [0.15, 0.2) is 41.7 Å². The number of benzene rings is 2. The lowest BCUT2D eigenvalue weighted by atomic mass is 10.1. The highest BCUT2D eigenvalue weighted by Gasteiger charge is 2.35. The second-order valence-corrected chi connectivity index (χ2v) is 9.44. The highest BCUT2D eigenvalue weighted by molar-refractivity contribution is 7.60. The minimum atomic E-state index is -3.92. The van der Waals surface area contributed by atoms with Crippen molar-refractivity contribution in [2.45, 2.75) is 26.6 Å². The van der Waals surface area contributed by atoms with E-state index < -0.39 is 19.7 Å². The lowest BCUT2D eigenvalue weighted by Gasteiger charge is -2.19. The predicted molar refractivity (Wildman–Crippen MR) is 128 cm³/mol. The van der Waals surface area contributed by atoms with E-state index in [1.807, 2.05) is 24.3 Å². The highest BCUT2D eigenvalue weighted by Crippen LogP contribution is 2.56. The van der Waals surface area contributed by atoms with E-state index in [2.05, 4.69) is 0 Å². The van der Waals surface area contributed by atoms with E-state index in [1.54, 1.807) is 33.1 Å². The van der Waals surface area contributed by atoms with Crippen molar-refractivity contribution in [2.24, 2.45) is 0 Å². The van der Waals surface area contributed by atoms with Crippen LogP contribution < -0.4 is 18.9 Å². The maximum atomic E-state index is 13.0. The lowest BCUT2D eigenvalue weighted by Crippen LogP contribution is -2.15. The standard InChI is InChI=1S/C24H31O9P/c1-16(2)33-24(25)22(34(26,30-6)31-7)14-18-12-20(28-4)23(21(13-18)29-5)32-15-17-8-10-19(27-3)11-9-17/h8-14,16H,15H2,1-7H3. The maximum Gasteiger partial charge on any atom is 0.368 e. The molecule has 0 aliphatic heterocycles. The van der Waals surface area contributed by atoms with Gasteiger partial charge in [-0.2, -0.15) is 0 Å². The Labute approximate surface area is 200 Å². The number of hydrogen-bond acceptors (Lipinski definition) is 9. The fraction of sp³-hybridized carbons (Fsp3) is 0.375. The Morgan fingerprint density at radius 1 is 0.912 bits per heavy atom. The van der Waals surface area contributed by atoms with Crippen molar-refractivity contribution in [3.63, 3.8) is 0 Å². The minimum Gasteiger partial charge on any atom is -0.497 e. The molecule has 2 aromatic rings. The molecule has 0 bridgehead atoms. The molecule has 0 amide bonds. The second kappa shape index (κ2) is 12.5. The van der Waals surface area contributed by atoms with Crippen LogP contribution in [0.5, 0.6) is 23.0 Å². The van der Waals surface area contributed by atoms with Gasteiger partial charge in [0.25, 0.3) is 0 Å². The van der Waals surface area contributed by atoms with Crippen molar-refractivity contribution in [3.05, 3.63) is 52.8 Å². The Bertz CT molecular complexity index is 1010. The van der Waals surface area contributed by atoms with E-state index in [0.29, 0.717) is 22.8 Å². The number of ether oxygens (including phenoxy) is 5. The Morgan fingerprint density at radius 2 is 1.47 bits per heavy atom. The molecular weight excluding hydrogens is 463 g/mol. The van der Waals surface area contributed by atoms with Gasteiger partial charge in [0.15, 0.2) is 11.5 Å². The van der Waals surface area contributed by atoms with Crippen molar-refractivity contribution < 1.29 is 42.1 Å². The first-order chi connectivity index (χ1) is 16.2. The Balaban J connectivity index is 2.47. The normalized spacial score (nSPS) is 11.8. The molecule has 2 aromatic carbocycles. The first-order valence-electron chi connectivity index (χ1n) is 10.4. The fourth-order valence-corrected chi connectivity index (χ4v) is 4.08. The fourth-order valence-electron chi connectivity index (χ4n) is 2.96. The Hall–Kier alpha value is -3.00. The third kappa shape index (κ3) is 6.76. The van der Waals surface area contributed by atoms with Crippen LogP contribution in [0, 0.1) is 0 Å². The van der Waals surface area contributed by atoms with Crippen molar-refractivity contribution >= 4 is 19.6 Å². The molecule has 0 saturated carbocycles. The average molecular weight is 494 g/mol. The molecule has 0 aliphatic rings. The largest absolute Gasteiger partial charge is 0.497 e. The van der Waals surface area contributed by atoms with Gasteiger partial charge < -0.3 is 32.7 Å². The lowest BCUT2D eigenvalue weighted by molar-refractivity contribution is -0.141. The van der Waals surface area contributed by atoms with Crippen LogP contribution in [-0.2, 0) is 29.8 Å². The summed E-state index contributed by atoms with van der Waals surface area (Å²) in [6, 6.07) is 10.7. The van der Waals surface area contributed by atoms with Gasteiger partial charge in [-0.25, -0.2) is 4.79 Å². The molecule has 10 heteroatoms. The second-order valence-electron chi connectivity index (χ2n) is 7.24. The van der Waals surface area contributed by atoms with Crippen LogP contribution in [0.4, 0.5) is 0 Å². The van der Waals surface area contributed by atoms with Crippen LogP contribution in [0.1, 0.15) is 25.0 Å². The van der Waals surface area contributed by atoms with Gasteiger partial charge in [-0.3, -0.25) is 4.57 Å². The number of esters is 1. The summed E-state index contributed by atoms with van der Waals surface area (Å²) in [5, 5.41) is -0.262. The molecule has 0 aliphatic carbocycles. The average Bonchev–Trinajstić information content (AvgIpc) is 2.85. The summed E-state index contributed by atoms with van der Waals surface area (Å²) < 4.78 is 50.5. The maximum absolute atomic E-state index is 13.0. The van der Waals surface area contributed by atoms with E-state index in [4.69, 9.17) is 32.7 Å². The van der Waals surface area contributed by atoms with Gasteiger partial charge in [-0.05, 0) is 55.3 Å². The zero-order chi connectivity index (χ0) is 25.3. The van der Waals surface area contributed by atoms with Gasteiger partial charge in [0.05, 0.1) is 27.4 Å². The van der Waals surface area contributed by atoms with Crippen LogP contribution in [0.2, 0.25) is 0 Å². The number of carbonyl (C=O) groups excluding carboxylic acids is 1. The number of hydrogen-bond donors (Lipinski definition) is 0. The smallest absolute Gasteiger partial charge is 0.368 e. The summed E-state index contributed by atoms with van der Waals surface area (Å²) in [7, 11) is 3.02. The van der Waals surface area contributed by atoms with Gasteiger partial charge in [0.1, 0.15) is 17.7 Å². The molecule has 9 nitrogen and oxygen atoms in total. The third-order valence-electron chi connectivity index (χ3n) is 4.66. The van der Waals surface area contributed by atoms with Gasteiger partial charge in [-0.15, -0.1) is 0 Å². The van der Waals surface area contributed by atoms with E-state index >= 15 is 0 Å². The van der Waals surface area contributed by atoms with Gasteiger partial charge in [0.2, 0.25) is 5.75 Å². The van der Waals surface area contributed by atoms with Crippen LogP contribution in [0.25, 0.3) is 6.08 Å². The van der Waals surface area contributed by atoms with Crippen LogP contribution in [-0.4, -0.2) is 47.6 Å². The molecule has 0 spiro atoms. The molecule has 0 atom stereocenters. The molecular formula is C24H31O9P. The van der Waals surface area contributed by atoms with E-state index in [-0.39, 0.29) is 11.9 Å². The molecule has 0 radical (unpaired) electrons. The van der Waals surface area contributed by atoms with E-state index in [9.17, 15) is 9.36 Å². The quantitative estimate of drug-likeness (QED) is 0.227. The molecule has 0 N–H and O–H groups in total. The molecule has 0 aromatic heterocycles. The van der Waals surface area contributed by atoms with Crippen LogP contribution in [0.3, 0.4) is 0 Å². The zero-order valence-electron chi connectivity index (χ0n) is 20.4. The topological polar surface area (TPSA) is 98.8 Å². The van der Waals surface area contributed by atoms with Crippen molar-refractivity contribution in [2.75, 3.05) is 35.5 Å². The third-order valence-corrected chi connectivity index (χ3v) is 6.52. The summed E-state index contributed by atoms with van der Waals surface area (Å²) in [5.74, 6) is 0.984. The number of carbonyl (C=O) groups is 1. The van der Waals surface area contributed by atoms with Crippen LogP contribution >= 0.6 is 7.60 Å². The van der Waals surface area contributed by atoms with Gasteiger partial charge >= 0.3 is 13.6 Å². The first-order valence-corrected chi connectivity index (χ1v) is 11.9. The Morgan fingerprint density at radius 3 is 1.91 bits per heavy atom. The number of rotatable bonds is 12. The summed E-state index contributed by atoms with van der Waals surface area (Å²) >= 11 is 0. The van der Waals surface area contributed by atoms with Crippen molar-refractivity contribution in [3.8, 4) is 23.0 Å². The molecule has 2 rings (SSSR count). The monoisotopic (exact) mass is 494 g/mol. The van der Waals surface area contributed by atoms with Crippen molar-refractivity contribution in [1.29, 1.82) is 0 Å². The number of methoxy groups -OCH3 is 3. The molecule has 0 fully saturated rings. The molecule has 0 unspecified atom stereocenters. The molecule has 186 valence electrons.